The topological polar surface area (TPSA) is 168 Å². The first-order valence-corrected chi connectivity index (χ1v) is 19.4. The number of aromatic nitrogens is 1. The van der Waals surface area contributed by atoms with Crippen LogP contribution in [-0.2, 0) is 24.0 Å². The lowest BCUT2D eigenvalue weighted by Gasteiger charge is -2.38. The first-order chi connectivity index (χ1) is 25.8. The van der Waals surface area contributed by atoms with Crippen LogP contribution < -0.4 is 31.5 Å². The number of benzene rings is 2. The predicted molar refractivity (Wildman–Crippen MR) is 210 cm³/mol. The largest absolute Gasteiger partial charge is 0.353 e. The maximum Gasteiger partial charge on any atom is 0.246 e. The summed E-state index contributed by atoms with van der Waals surface area (Å²) in [6.45, 7) is 9.11. The van der Waals surface area contributed by atoms with Gasteiger partial charge in [-0.25, -0.2) is 4.39 Å². The molecule has 2 aromatic carbocycles. The second-order valence-corrected chi connectivity index (χ2v) is 15.3. The van der Waals surface area contributed by atoms with Crippen molar-refractivity contribution in [2.24, 2.45) is 11.8 Å². The second kappa shape index (κ2) is 18.4. The molecule has 0 unspecified atom stereocenters. The molecule has 14 nitrogen and oxygen atoms in total. The van der Waals surface area contributed by atoms with Crippen molar-refractivity contribution in [2.75, 3.05) is 56.0 Å². The van der Waals surface area contributed by atoms with Crippen LogP contribution in [0.2, 0.25) is 0 Å². The number of hydrogen-bond acceptors (Lipinski definition) is 9. The lowest BCUT2D eigenvalue weighted by molar-refractivity contribution is -0.146. The zero-order valence-corrected chi connectivity index (χ0v) is 32.5. The fourth-order valence-corrected chi connectivity index (χ4v) is 7.56. The van der Waals surface area contributed by atoms with Gasteiger partial charge in [0.15, 0.2) is 5.11 Å². The molecule has 2 aliphatic rings. The molecule has 3 heterocycles. The van der Waals surface area contributed by atoms with E-state index in [-0.39, 0.29) is 41.0 Å². The molecular formula is C37H48FN9O5S2. The van der Waals surface area contributed by atoms with Gasteiger partial charge in [-0.05, 0) is 72.7 Å². The minimum absolute atomic E-state index is 0.0238. The van der Waals surface area contributed by atoms with Gasteiger partial charge in [0.2, 0.25) is 29.5 Å². The molecule has 1 aromatic heterocycles. The third kappa shape index (κ3) is 9.99. The third-order valence-corrected chi connectivity index (χ3v) is 10.6. The number of carbonyl (C=O) groups is 5. The highest BCUT2D eigenvalue weighted by atomic mass is 32.1. The van der Waals surface area contributed by atoms with Crippen LogP contribution in [0.1, 0.15) is 40.5 Å². The van der Waals surface area contributed by atoms with E-state index in [1.165, 1.54) is 29.7 Å². The van der Waals surface area contributed by atoms with E-state index in [0.29, 0.717) is 45.6 Å². The van der Waals surface area contributed by atoms with Gasteiger partial charge in [-0.15, -0.1) is 0 Å². The Hall–Kier alpha value is -4.90. The molecule has 290 valence electrons. The van der Waals surface area contributed by atoms with Crippen molar-refractivity contribution in [3.05, 3.63) is 54.3 Å². The van der Waals surface area contributed by atoms with Gasteiger partial charge in [0, 0.05) is 38.1 Å². The molecule has 54 heavy (non-hydrogen) atoms. The van der Waals surface area contributed by atoms with Gasteiger partial charge in [0.25, 0.3) is 0 Å². The number of para-hydroxylation sites is 1. The van der Waals surface area contributed by atoms with E-state index in [1.807, 2.05) is 36.9 Å². The van der Waals surface area contributed by atoms with Crippen LogP contribution in [0.3, 0.4) is 0 Å². The number of hydrogen-bond donors (Lipinski definition) is 5. The smallest absolute Gasteiger partial charge is 0.246 e. The first kappa shape index (κ1) is 40.3. The summed E-state index contributed by atoms with van der Waals surface area (Å²) >= 11 is 6.60. The Bertz CT molecular complexity index is 1850. The number of nitrogens with zero attached hydrogens (tertiary/aromatic N) is 4. The van der Waals surface area contributed by atoms with E-state index >= 15 is 0 Å². The fraction of sp³-hybridized carbons (Fsp3) is 0.486. The highest BCUT2D eigenvalue weighted by Crippen LogP contribution is 2.30. The van der Waals surface area contributed by atoms with E-state index < -0.39 is 48.2 Å². The van der Waals surface area contributed by atoms with Crippen molar-refractivity contribution >= 4 is 80.0 Å². The van der Waals surface area contributed by atoms with E-state index in [9.17, 15) is 28.4 Å². The summed E-state index contributed by atoms with van der Waals surface area (Å²) in [5.74, 6) is -2.33. The van der Waals surface area contributed by atoms with Crippen molar-refractivity contribution in [2.45, 2.75) is 58.7 Å². The summed E-state index contributed by atoms with van der Waals surface area (Å²) in [4.78, 5) is 72.1. The number of nitrogens with one attached hydrogen (secondary N) is 5. The van der Waals surface area contributed by atoms with Gasteiger partial charge in [-0.3, -0.25) is 24.0 Å². The van der Waals surface area contributed by atoms with Crippen molar-refractivity contribution < 1.29 is 28.4 Å². The number of anilines is 2. The standard InChI is InChI=1S/C37H48FN9O5S2/c1-22(2)31(42-30(49)21-40-37(53)41-26-12-7-6-11-25(26)38)34(50)39-20-29(48)43-32(23(3)4)36(52)47-15-9-13-27(47)35(51)46-18-16-45(17-19-46)33-24-10-5-8-14-28(24)54-44-33/h5-8,10-12,14,22-23,27,31-32H,9,13,15-21H2,1-4H3,(H,39,50)(H,42,49)(H,43,48)(H2,40,41,53)/t27-,31-,32-/m0/s1. The number of thiocarbonyl (C=S) groups is 1. The zero-order chi connectivity index (χ0) is 38.9. The number of amides is 5. The molecule has 3 atom stereocenters. The van der Waals surface area contributed by atoms with Gasteiger partial charge >= 0.3 is 0 Å². The van der Waals surface area contributed by atoms with Crippen molar-refractivity contribution in [3.63, 3.8) is 0 Å². The average molecular weight is 782 g/mol. The van der Waals surface area contributed by atoms with Gasteiger partial charge in [0.1, 0.15) is 29.8 Å². The van der Waals surface area contributed by atoms with Crippen LogP contribution in [-0.4, -0.2) is 113 Å². The summed E-state index contributed by atoms with van der Waals surface area (Å²) in [5, 5.41) is 14.4. The Morgan fingerprint density at radius 2 is 1.48 bits per heavy atom. The van der Waals surface area contributed by atoms with E-state index in [4.69, 9.17) is 12.2 Å². The summed E-state index contributed by atoms with van der Waals surface area (Å²) in [7, 11) is 0. The van der Waals surface area contributed by atoms with Gasteiger partial charge in [-0.1, -0.05) is 52.0 Å². The number of piperazine rings is 1. The van der Waals surface area contributed by atoms with E-state index in [0.717, 1.165) is 15.9 Å². The Morgan fingerprint density at radius 3 is 2.17 bits per heavy atom. The highest BCUT2D eigenvalue weighted by molar-refractivity contribution is 7.80. The number of rotatable bonds is 13. The minimum atomic E-state index is -0.971. The molecule has 0 radical (unpaired) electrons. The molecule has 3 aromatic rings. The monoisotopic (exact) mass is 781 g/mol. The van der Waals surface area contributed by atoms with Crippen molar-refractivity contribution in [1.29, 1.82) is 0 Å². The average Bonchev–Trinajstić information content (AvgIpc) is 3.83. The van der Waals surface area contributed by atoms with Crippen LogP contribution in [0, 0.1) is 17.7 Å². The second-order valence-electron chi connectivity index (χ2n) is 14.1. The van der Waals surface area contributed by atoms with Gasteiger partial charge in [0.05, 0.1) is 23.5 Å². The quantitative estimate of drug-likeness (QED) is 0.163. The number of likely N-dealkylation sites (tertiary alicyclic amines) is 1. The van der Waals surface area contributed by atoms with Crippen LogP contribution in [0.15, 0.2) is 48.5 Å². The summed E-state index contributed by atoms with van der Waals surface area (Å²) in [6.07, 6.45) is 1.22. The fourth-order valence-electron chi connectivity index (χ4n) is 6.58. The normalized spacial score (nSPS) is 16.9. The van der Waals surface area contributed by atoms with Crippen LogP contribution in [0.25, 0.3) is 10.1 Å². The molecule has 2 saturated heterocycles. The molecule has 0 spiro atoms. The minimum Gasteiger partial charge on any atom is -0.353 e. The molecule has 5 N–H and O–H groups in total. The van der Waals surface area contributed by atoms with Crippen molar-refractivity contribution in [3.8, 4) is 0 Å². The molecule has 5 amide bonds. The molecular weight excluding hydrogens is 734 g/mol. The molecule has 0 aliphatic carbocycles. The Kier molecular flexibility index (Phi) is 13.7. The number of carbonyl (C=O) groups excluding carboxylic acids is 5. The van der Waals surface area contributed by atoms with Crippen LogP contribution in [0.4, 0.5) is 15.9 Å². The van der Waals surface area contributed by atoms with Crippen molar-refractivity contribution in [1.82, 2.24) is 35.4 Å². The highest BCUT2D eigenvalue weighted by Gasteiger charge is 2.41. The van der Waals surface area contributed by atoms with Gasteiger partial charge < -0.3 is 41.3 Å². The van der Waals surface area contributed by atoms with E-state index in [2.05, 4.69) is 41.9 Å². The summed E-state index contributed by atoms with van der Waals surface area (Å²) in [6, 6.07) is 11.5. The molecule has 0 saturated carbocycles. The van der Waals surface area contributed by atoms with Crippen LogP contribution >= 0.6 is 23.8 Å². The molecule has 0 bridgehead atoms. The predicted octanol–water partition coefficient (Wildman–Crippen LogP) is 2.46. The lowest BCUT2D eigenvalue weighted by atomic mass is 10.0. The SMILES string of the molecule is CC(C)[C@H](NC(=O)CNC(=S)Nc1ccccc1F)C(=O)NCC(=O)N[C@H](C(=O)N1CCC[C@H]1C(=O)N1CCN(c2nsc3ccccc23)CC1)C(C)C. The maximum atomic E-state index is 13.9. The Morgan fingerprint density at radius 1 is 0.852 bits per heavy atom. The molecule has 2 fully saturated rings. The third-order valence-electron chi connectivity index (χ3n) is 9.54. The zero-order valence-electron chi connectivity index (χ0n) is 30.9. The Balaban J connectivity index is 1.09. The Labute approximate surface area is 323 Å². The van der Waals surface area contributed by atoms with Gasteiger partial charge in [-0.2, -0.15) is 4.37 Å². The molecule has 17 heteroatoms. The summed E-state index contributed by atoms with van der Waals surface area (Å²) in [5.41, 5.74) is 0.148. The van der Waals surface area contributed by atoms with Crippen LogP contribution in [0.5, 0.6) is 0 Å². The number of halogens is 1. The molecule has 5 rings (SSSR count). The first-order valence-electron chi connectivity index (χ1n) is 18.2. The lowest BCUT2D eigenvalue weighted by Crippen LogP contribution is -2.58. The van der Waals surface area contributed by atoms with E-state index in [1.54, 1.807) is 24.8 Å². The summed E-state index contributed by atoms with van der Waals surface area (Å²) < 4.78 is 19.7. The number of fused-ring (bicyclic) bond motifs is 1. The maximum absolute atomic E-state index is 13.9. The molecule has 2 aliphatic heterocycles.